The molecule has 5 aromatic rings. The molecular formula is C16H9ClN6O. The van der Waals surface area contributed by atoms with Gasteiger partial charge in [0, 0.05) is 5.02 Å². The minimum absolute atomic E-state index is 0.597. The molecule has 116 valence electrons. The van der Waals surface area contributed by atoms with Gasteiger partial charge in [0.2, 0.25) is 5.82 Å². The molecule has 0 unspecified atom stereocenters. The maximum atomic E-state index is 6.07. The van der Waals surface area contributed by atoms with Crippen molar-refractivity contribution in [2.75, 3.05) is 0 Å². The summed E-state index contributed by atoms with van der Waals surface area (Å²) in [5.41, 5.74) is 2.18. The summed E-state index contributed by atoms with van der Waals surface area (Å²) in [4.78, 5) is 4.52. The molecule has 0 radical (unpaired) electrons. The zero-order valence-electron chi connectivity index (χ0n) is 12.2. The van der Waals surface area contributed by atoms with Gasteiger partial charge in [-0.1, -0.05) is 17.7 Å². The highest BCUT2D eigenvalue weighted by molar-refractivity contribution is 6.30. The lowest BCUT2D eigenvalue weighted by Crippen LogP contribution is -1.98. The Balaban J connectivity index is 1.76. The van der Waals surface area contributed by atoms with E-state index >= 15 is 0 Å². The van der Waals surface area contributed by atoms with Crippen molar-refractivity contribution < 1.29 is 4.42 Å². The van der Waals surface area contributed by atoms with E-state index in [1.54, 1.807) is 33.9 Å². The summed E-state index contributed by atoms with van der Waals surface area (Å²) >= 11 is 6.07. The minimum Gasteiger partial charge on any atom is -0.461 e. The van der Waals surface area contributed by atoms with E-state index in [1.807, 2.05) is 30.3 Å². The number of fused-ring (bicyclic) bond motifs is 3. The predicted molar refractivity (Wildman–Crippen MR) is 88.1 cm³/mol. The Hall–Kier alpha value is -3.19. The second kappa shape index (κ2) is 4.90. The first-order chi connectivity index (χ1) is 11.8. The number of nitrogens with zero attached hydrogens (tertiary/aromatic N) is 6. The van der Waals surface area contributed by atoms with Crippen molar-refractivity contribution in [2.24, 2.45) is 0 Å². The van der Waals surface area contributed by atoms with E-state index in [0.717, 1.165) is 11.1 Å². The molecule has 0 atom stereocenters. The quantitative estimate of drug-likeness (QED) is 0.494. The molecular weight excluding hydrogens is 328 g/mol. The number of benzene rings is 1. The number of furan rings is 1. The fourth-order valence-corrected chi connectivity index (χ4v) is 2.88. The van der Waals surface area contributed by atoms with Crippen LogP contribution in [0.5, 0.6) is 0 Å². The Morgan fingerprint density at radius 1 is 1.04 bits per heavy atom. The van der Waals surface area contributed by atoms with E-state index in [9.17, 15) is 0 Å². The third kappa shape index (κ3) is 1.85. The first-order valence-electron chi connectivity index (χ1n) is 7.18. The van der Waals surface area contributed by atoms with Gasteiger partial charge in [-0.25, -0.2) is 9.67 Å². The fourth-order valence-electron chi connectivity index (χ4n) is 2.69. The molecule has 0 saturated heterocycles. The normalized spacial score (nSPS) is 11.5. The highest BCUT2D eigenvalue weighted by Crippen LogP contribution is 2.24. The number of aromatic nitrogens is 6. The average Bonchev–Trinajstić information content (AvgIpc) is 3.32. The minimum atomic E-state index is 0.597. The predicted octanol–water partition coefficient (Wildman–Crippen LogP) is 3.38. The van der Waals surface area contributed by atoms with Crippen molar-refractivity contribution in [3.8, 4) is 17.3 Å². The van der Waals surface area contributed by atoms with Gasteiger partial charge in [0.25, 0.3) is 0 Å². The molecule has 0 N–H and O–H groups in total. The van der Waals surface area contributed by atoms with Gasteiger partial charge in [-0.3, -0.25) is 4.40 Å². The zero-order chi connectivity index (χ0) is 16.1. The van der Waals surface area contributed by atoms with Crippen LogP contribution < -0.4 is 0 Å². The number of hydrogen-bond donors (Lipinski definition) is 0. The molecule has 0 fully saturated rings. The van der Waals surface area contributed by atoms with Crippen LogP contribution in [-0.2, 0) is 0 Å². The summed E-state index contributed by atoms with van der Waals surface area (Å²) in [6, 6.07) is 11.1. The molecule has 0 aliphatic rings. The van der Waals surface area contributed by atoms with E-state index in [-0.39, 0.29) is 0 Å². The summed E-state index contributed by atoms with van der Waals surface area (Å²) in [6.07, 6.45) is 4.98. The maximum Gasteiger partial charge on any atom is 0.205 e. The molecule has 0 spiro atoms. The lowest BCUT2D eigenvalue weighted by Gasteiger charge is -2.03. The summed E-state index contributed by atoms with van der Waals surface area (Å²) in [7, 11) is 0. The van der Waals surface area contributed by atoms with E-state index < -0.39 is 0 Å². The van der Waals surface area contributed by atoms with Crippen molar-refractivity contribution in [2.45, 2.75) is 0 Å². The molecule has 1 aromatic carbocycles. The van der Waals surface area contributed by atoms with Crippen LogP contribution in [0.4, 0.5) is 0 Å². The summed E-state index contributed by atoms with van der Waals surface area (Å²) in [5.74, 6) is 1.23. The first kappa shape index (κ1) is 13.3. The van der Waals surface area contributed by atoms with Crippen LogP contribution in [0.25, 0.3) is 34.0 Å². The number of rotatable bonds is 2. The SMILES string of the molecule is Clc1cccc(-n2ncc3c2ncn2c(-c4ccco4)nnc32)c1. The van der Waals surface area contributed by atoms with Gasteiger partial charge in [0.1, 0.15) is 6.33 Å². The third-order valence-corrected chi connectivity index (χ3v) is 4.01. The van der Waals surface area contributed by atoms with Crippen molar-refractivity contribution in [3.63, 3.8) is 0 Å². The van der Waals surface area contributed by atoms with Gasteiger partial charge < -0.3 is 4.42 Å². The molecule has 0 aliphatic heterocycles. The molecule has 0 bridgehead atoms. The molecule has 0 amide bonds. The molecule has 8 heteroatoms. The monoisotopic (exact) mass is 336 g/mol. The van der Waals surface area contributed by atoms with Crippen molar-refractivity contribution >= 4 is 28.3 Å². The van der Waals surface area contributed by atoms with E-state index in [2.05, 4.69) is 20.3 Å². The van der Waals surface area contributed by atoms with Crippen molar-refractivity contribution in [3.05, 3.63) is 60.2 Å². The highest BCUT2D eigenvalue weighted by atomic mass is 35.5. The van der Waals surface area contributed by atoms with Crippen LogP contribution >= 0.6 is 11.6 Å². The van der Waals surface area contributed by atoms with Crippen LogP contribution in [-0.4, -0.2) is 29.4 Å². The second-order valence-electron chi connectivity index (χ2n) is 5.21. The molecule has 0 saturated carbocycles. The molecule has 0 aliphatic carbocycles. The zero-order valence-corrected chi connectivity index (χ0v) is 12.9. The summed E-state index contributed by atoms with van der Waals surface area (Å²) < 4.78 is 8.91. The number of hydrogen-bond acceptors (Lipinski definition) is 5. The van der Waals surface area contributed by atoms with Crippen LogP contribution in [0.3, 0.4) is 0 Å². The third-order valence-electron chi connectivity index (χ3n) is 3.77. The van der Waals surface area contributed by atoms with E-state index in [4.69, 9.17) is 16.0 Å². The molecule has 4 aromatic heterocycles. The highest BCUT2D eigenvalue weighted by Gasteiger charge is 2.16. The summed E-state index contributed by atoms with van der Waals surface area (Å²) in [5, 5.41) is 14.3. The Labute approximate surface area is 140 Å². The largest absolute Gasteiger partial charge is 0.461 e. The Bertz CT molecular complexity index is 1170. The topological polar surface area (TPSA) is 74.0 Å². The van der Waals surface area contributed by atoms with Crippen LogP contribution in [0, 0.1) is 0 Å². The lowest BCUT2D eigenvalue weighted by atomic mass is 10.3. The van der Waals surface area contributed by atoms with Crippen LogP contribution in [0.15, 0.2) is 59.6 Å². The number of halogens is 1. The van der Waals surface area contributed by atoms with Gasteiger partial charge in [-0.2, -0.15) is 5.10 Å². The van der Waals surface area contributed by atoms with Gasteiger partial charge >= 0.3 is 0 Å². The standard InChI is InChI=1S/C16H9ClN6O/c17-10-3-1-4-11(7-10)23-14-12(8-19-23)15-20-21-16(22(15)9-18-14)13-5-2-6-24-13/h1-9H. The molecule has 4 heterocycles. The Morgan fingerprint density at radius 3 is 2.83 bits per heavy atom. The van der Waals surface area contributed by atoms with Crippen LogP contribution in [0.1, 0.15) is 0 Å². The molecule has 24 heavy (non-hydrogen) atoms. The van der Waals surface area contributed by atoms with Gasteiger partial charge in [0.15, 0.2) is 17.1 Å². The van der Waals surface area contributed by atoms with E-state index in [1.165, 1.54) is 0 Å². The average molecular weight is 337 g/mol. The summed E-state index contributed by atoms with van der Waals surface area (Å²) in [6.45, 7) is 0. The van der Waals surface area contributed by atoms with Crippen molar-refractivity contribution in [1.29, 1.82) is 0 Å². The Kier molecular flexibility index (Phi) is 2.71. The lowest BCUT2D eigenvalue weighted by molar-refractivity contribution is 0.576. The Morgan fingerprint density at radius 2 is 2.00 bits per heavy atom. The van der Waals surface area contributed by atoms with Crippen molar-refractivity contribution in [1.82, 2.24) is 29.4 Å². The first-order valence-corrected chi connectivity index (χ1v) is 7.56. The molecule has 5 rings (SSSR count). The van der Waals surface area contributed by atoms with Gasteiger partial charge in [0.05, 0.1) is 23.5 Å². The second-order valence-corrected chi connectivity index (χ2v) is 5.65. The smallest absolute Gasteiger partial charge is 0.205 e. The van der Waals surface area contributed by atoms with Gasteiger partial charge in [-0.05, 0) is 30.3 Å². The maximum absolute atomic E-state index is 6.07. The van der Waals surface area contributed by atoms with Crippen LogP contribution in [0.2, 0.25) is 5.02 Å². The van der Waals surface area contributed by atoms with Gasteiger partial charge in [-0.15, -0.1) is 10.2 Å². The molecule has 7 nitrogen and oxygen atoms in total. The fraction of sp³-hybridized carbons (Fsp3) is 0. The van der Waals surface area contributed by atoms with E-state index in [0.29, 0.717) is 27.9 Å².